The molecule has 0 aromatic heterocycles. The molecule has 0 spiro atoms. The molecule has 0 bridgehead atoms. The zero-order valence-electron chi connectivity index (χ0n) is 14.7. The van der Waals surface area contributed by atoms with Crippen molar-refractivity contribution in [1.29, 1.82) is 0 Å². The largest absolute Gasteiger partial charge is 0.336 e. The number of nitrogens with zero attached hydrogens (tertiary/aromatic N) is 3. The van der Waals surface area contributed by atoms with Gasteiger partial charge in [-0.25, -0.2) is 0 Å². The van der Waals surface area contributed by atoms with Gasteiger partial charge < -0.3 is 4.90 Å². The smallest absolute Gasteiger partial charge is 0.278 e. The quantitative estimate of drug-likeness (QED) is 0.474. The van der Waals surface area contributed by atoms with Crippen molar-refractivity contribution >= 4 is 28.8 Å². The molecule has 0 radical (unpaired) electrons. The molecule has 0 aliphatic carbocycles. The van der Waals surface area contributed by atoms with E-state index in [1.807, 2.05) is 29.2 Å². The lowest BCUT2D eigenvalue weighted by molar-refractivity contribution is -0.384. The van der Waals surface area contributed by atoms with Crippen LogP contribution in [-0.2, 0) is 16.0 Å². The van der Waals surface area contributed by atoms with Crippen molar-refractivity contribution in [2.24, 2.45) is 0 Å². The van der Waals surface area contributed by atoms with E-state index in [9.17, 15) is 19.7 Å². The van der Waals surface area contributed by atoms with Gasteiger partial charge in [0.2, 0.25) is 0 Å². The topological polar surface area (TPSA) is 83.8 Å². The first-order valence-corrected chi connectivity index (χ1v) is 8.73. The molecule has 4 rings (SSSR count). The van der Waals surface area contributed by atoms with Crippen LogP contribution in [0.15, 0.2) is 54.2 Å². The van der Waals surface area contributed by atoms with E-state index in [0.717, 1.165) is 17.7 Å². The summed E-state index contributed by atoms with van der Waals surface area (Å²) in [6, 6.07) is 13.6. The van der Waals surface area contributed by atoms with Crippen molar-refractivity contribution in [2.45, 2.75) is 13.3 Å². The molecule has 2 aliphatic heterocycles. The number of non-ortho nitro benzene ring substituents is 1. The average molecular weight is 363 g/mol. The Morgan fingerprint density at radius 2 is 1.74 bits per heavy atom. The number of fused-ring (bicyclic) bond motifs is 1. The van der Waals surface area contributed by atoms with Gasteiger partial charge in [-0.3, -0.25) is 24.6 Å². The average Bonchev–Trinajstić information content (AvgIpc) is 3.20. The fourth-order valence-electron chi connectivity index (χ4n) is 3.68. The number of hydrogen-bond donors (Lipinski definition) is 0. The third-order valence-corrected chi connectivity index (χ3v) is 4.98. The maximum absolute atomic E-state index is 13.0. The van der Waals surface area contributed by atoms with Crippen LogP contribution in [0.4, 0.5) is 11.4 Å². The van der Waals surface area contributed by atoms with Crippen LogP contribution in [0.5, 0.6) is 0 Å². The lowest BCUT2D eigenvalue weighted by Gasteiger charge is -2.21. The highest BCUT2D eigenvalue weighted by atomic mass is 16.6. The molecule has 0 N–H and O–H groups in total. The zero-order valence-corrected chi connectivity index (χ0v) is 14.7. The summed E-state index contributed by atoms with van der Waals surface area (Å²) in [5.74, 6) is -0.691. The van der Waals surface area contributed by atoms with Crippen molar-refractivity contribution in [1.82, 2.24) is 4.90 Å². The highest BCUT2D eigenvalue weighted by Gasteiger charge is 2.42. The van der Waals surface area contributed by atoms with E-state index in [1.54, 1.807) is 6.92 Å². The number of amides is 2. The first-order chi connectivity index (χ1) is 13.0. The normalized spacial score (nSPS) is 16.3. The third-order valence-electron chi connectivity index (χ3n) is 4.98. The Morgan fingerprint density at radius 1 is 1.04 bits per heavy atom. The summed E-state index contributed by atoms with van der Waals surface area (Å²) in [4.78, 5) is 39.5. The summed E-state index contributed by atoms with van der Waals surface area (Å²) < 4.78 is 0. The Balaban J connectivity index is 1.87. The number of benzene rings is 2. The SMILES string of the molecule is CCN1C(=O)C(c2ccc([N+](=O)[O-])cc2)=C(N2CCc3ccccc32)C1=O. The van der Waals surface area contributed by atoms with Crippen molar-refractivity contribution in [3.8, 4) is 0 Å². The summed E-state index contributed by atoms with van der Waals surface area (Å²) in [6.07, 6.45) is 0.792. The van der Waals surface area contributed by atoms with Gasteiger partial charge in [-0.15, -0.1) is 0 Å². The summed E-state index contributed by atoms with van der Waals surface area (Å²) in [5, 5.41) is 10.9. The molecule has 0 saturated heterocycles. The Kier molecular flexibility index (Phi) is 3.99. The van der Waals surface area contributed by atoms with Gasteiger partial charge in [0.05, 0.1) is 10.5 Å². The van der Waals surface area contributed by atoms with Crippen LogP contribution in [0, 0.1) is 10.1 Å². The predicted octanol–water partition coefficient (Wildman–Crippen LogP) is 2.76. The maximum atomic E-state index is 13.0. The molecule has 7 nitrogen and oxygen atoms in total. The summed E-state index contributed by atoms with van der Waals surface area (Å²) in [7, 11) is 0. The number of carbonyl (C=O) groups excluding carboxylic acids is 2. The summed E-state index contributed by atoms with van der Waals surface area (Å²) >= 11 is 0. The zero-order chi connectivity index (χ0) is 19.1. The van der Waals surface area contributed by atoms with E-state index in [0.29, 0.717) is 23.4 Å². The van der Waals surface area contributed by atoms with Gasteiger partial charge >= 0.3 is 0 Å². The summed E-state index contributed by atoms with van der Waals surface area (Å²) in [6.45, 7) is 2.64. The van der Waals surface area contributed by atoms with Crippen molar-refractivity contribution in [2.75, 3.05) is 18.0 Å². The van der Waals surface area contributed by atoms with Gasteiger partial charge in [-0.2, -0.15) is 0 Å². The van der Waals surface area contributed by atoms with E-state index in [-0.39, 0.29) is 24.0 Å². The molecule has 27 heavy (non-hydrogen) atoms. The molecule has 7 heteroatoms. The lowest BCUT2D eigenvalue weighted by Crippen LogP contribution is -2.34. The number of nitro benzene ring substituents is 1. The first-order valence-electron chi connectivity index (χ1n) is 8.73. The Morgan fingerprint density at radius 3 is 2.41 bits per heavy atom. The number of nitro groups is 1. The molecule has 2 aromatic rings. The molecular weight excluding hydrogens is 346 g/mol. The second-order valence-electron chi connectivity index (χ2n) is 6.41. The molecule has 136 valence electrons. The van der Waals surface area contributed by atoms with Gasteiger partial charge in [-0.05, 0) is 42.7 Å². The number of anilines is 1. The van der Waals surface area contributed by atoms with E-state index in [4.69, 9.17) is 0 Å². The van der Waals surface area contributed by atoms with Gasteiger partial charge in [0.15, 0.2) is 0 Å². The van der Waals surface area contributed by atoms with Crippen LogP contribution in [0.1, 0.15) is 18.1 Å². The van der Waals surface area contributed by atoms with Crippen LogP contribution >= 0.6 is 0 Å². The van der Waals surface area contributed by atoms with Crippen molar-refractivity contribution in [3.63, 3.8) is 0 Å². The monoisotopic (exact) mass is 363 g/mol. The highest BCUT2D eigenvalue weighted by Crippen LogP contribution is 2.38. The van der Waals surface area contributed by atoms with Crippen LogP contribution < -0.4 is 4.90 Å². The molecule has 2 heterocycles. The Bertz CT molecular complexity index is 995. The van der Waals surface area contributed by atoms with Gasteiger partial charge in [-0.1, -0.05) is 18.2 Å². The minimum absolute atomic E-state index is 0.0588. The molecule has 0 saturated carbocycles. The number of likely N-dealkylation sites (N-methyl/N-ethyl adjacent to an activating group) is 1. The predicted molar refractivity (Wildman–Crippen MR) is 99.9 cm³/mol. The van der Waals surface area contributed by atoms with E-state index >= 15 is 0 Å². The summed E-state index contributed by atoms with van der Waals surface area (Å²) in [5.41, 5.74) is 3.15. The molecular formula is C20H17N3O4. The van der Waals surface area contributed by atoms with E-state index in [1.165, 1.54) is 29.2 Å². The fourth-order valence-corrected chi connectivity index (χ4v) is 3.68. The van der Waals surface area contributed by atoms with E-state index in [2.05, 4.69) is 0 Å². The number of hydrogen-bond acceptors (Lipinski definition) is 5. The minimum Gasteiger partial charge on any atom is -0.336 e. The molecule has 2 amide bonds. The lowest BCUT2D eigenvalue weighted by atomic mass is 10.0. The standard InChI is InChI=1S/C20H17N3O4/c1-2-21-19(24)17(14-7-9-15(10-8-14)23(26)27)18(20(21)25)22-12-11-13-5-3-4-6-16(13)22/h3-10H,2,11-12H2,1H3. The number of rotatable bonds is 4. The second-order valence-corrected chi connectivity index (χ2v) is 6.41. The number of carbonyl (C=O) groups is 2. The molecule has 2 aliphatic rings. The van der Waals surface area contributed by atoms with Crippen molar-refractivity contribution < 1.29 is 14.5 Å². The molecule has 0 atom stereocenters. The molecule has 0 fully saturated rings. The molecule has 0 unspecified atom stereocenters. The van der Waals surface area contributed by atoms with Crippen LogP contribution in [0.25, 0.3) is 5.57 Å². The Hall–Kier alpha value is -3.48. The van der Waals surface area contributed by atoms with Crippen LogP contribution in [0.2, 0.25) is 0 Å². The van der Waals surface area contributed by atoms with Crippen molar-refractivity contribution in [3.05, 3.63) is 75.5 Å². The minimum atomic E-state index is -0.490. The maximum Gasteiger partial charge on any atom is 0.278 e. The molecule has 2 aromatic carbocycles. The highest BCUT2D eigenvalue weighted by molar-refractivity contribution is 6.36. The van der Waals surface area contributed by atoms with Gasteiger partial charge in [0, 0.05) is 30.9 Å². The fraction of sp³-hybridized carbons (Fsp3) is 0.200. The first kappa shape index (κ1) is 17.0. The van der Waals surface area contributed by atoms with Gasteiger partial charge in [0.1, 0.15) is 5.70 Å². The third kappa shape index (κ3) is 2.59. The van der Waals surface area contributed by atoms with Crippen LogP contribution in [0.3, 0.4) is 0 Å². The Labute approximate surface area is 155 Å². The second kappa shape index (κ2) is 6.35. The number of imide groups is 1. The van der Waals surface area contributed by atoms with Crippen LogP contribution in [-0.4, -0.2) is 34.7 Å². The van der Waals surface area contributed by atoms with Gasteiger partial charge in [0.25, 0.3) is 17.5 Å². The number of para-hydroxylation sites is 1. The van der Waals surface area contributed by atoms with E-state index < -0.39 is 4.92 Å².